The predicted molar refractivity (Wildman–Crippen MR) is 103 cm³/mol. The van der Waals surface area contributed by atoms with Crippen molar-refractivity contribution in [3.8, 4) is 11.5 Å². The fourth-order valence-electron chi connectivity index (χ4n) is 3.03. The fourth-order valence-corrected chi connectivity index (χ4v) is 3.22. The highest BCUT2D eigenvalue weighted by Gasteiger charge is 2.35. The molecule has 0 unspecified atom stereocenters. The molecule has 0 atom stereocenters. The molecule has 2 heterocycles. The van der Waals surface area contributed by atoms with E-state index in [-0.39, 0.29) is 29.9 Å². The summed E-state index contributed by atoms with van der Waals surface area (Å²) in [7, 11) is 0. The monoisotopic (exact) mass is 412 g/mol. The summed E-state index contributed by atoms with van der Waals surface area (Å²) in [5.41, 5.74) is -0.223. The molecule has 2 aromatic heterocycles. The van der Waals surface area contributed by atoms with E-state index in [4.69, 9.17) is 16.3 Å². The maximum atomic E-state index is 13.3. The van der Waals surface area contributed by atoms with Crippen LogP contribution in [0.4, 0.5) is 19.4 Å². The van der Waals surface area contributed by atoms with Gasteiger partial charge < -0.3 is 10.1 Å². The molecule has 1 aliphatic rings. The first-order valence-corrected chi connectivity index (χ1v) is 9.50. The summed E-state index contributed by atoms with van der Waals surface area (Å²) < 4.78 is 33.4. The predicted octanol–water partition coefficient (Wildman–Crippen LogP) is 5.37. The Morgan fingerprint density at radius 1 is 1.32 bits per heavy atom. The zero-order chi connectivity index (χ0) is 20.5. The van der Waals surface area contributed by atoms with Crippen molar-refractivity contribution in [1.82, 2.24) is 14.5 Å². The Morgan fingerprint density at radius 2 is 2.00 bits per heavy atom. The maximum Gasteiger partial charge on any atom is 0.419 e. The smallest absolute Gasteiger partial charge is 0.419 e. The number of halogens is 3. The third-order valence-corrected chi connectivity index (χ3v) is 4.53. The minimum atomic E-state index is -2.60. The molecule has 0 spiro atoms. The zero-order valence-electron chi connectivity index (χ0n) is 16.0. The molecule has 9 heteroatoms. The van der Waals surface area contributed by atoms with E-state index in [0.717, 1.165) is 0 Å². The number of rotatable bonds is 3. The van der Waals surface area contributed by atoms with Crippen LogP contribution in [0.15, 0.2) is 24.4 Å². The van der Waals surface area contributed by atoms with Crippen LogP contribution in [-0.4, -0.2) is 38.2 Å². The quantitative estimate of drug-likeness (QED) is 0.686. The van der Waals surface area contributed by atoms with E-state index in [1.165, 1.54) is 4.57 Å². The van der Waals surface area contributed by atoms with Crippen molar-refractivity contribution in [3.05, 3.63) is 29.5 Å². The molecule has 3 rings (SSSR count). The molecule has 152 valence electrons. The van der Waals surface area contributed by atoms with Crippen molar-refractivity contribution in [3.63, 3.8) is 0 Å². The van der Waals surface area contributed by atoms with Crippen LogP contribution in [0.1, 0.15) is 46.5 Å². The van der Waals surface area contributed by atoms with Crippen LogP contribution in [0, 0.1) is 0 Å². The highest BCUT2D eigenvalue weighted by molar-refractivity contribution is 6.29. The second kappa shape index (κ2) is 7.66. The molecule has 0 aliphatic heterocycles. The summed E-state index contributed by atoms with van der Waals surface area (Å²) in [5.74, 6) is -1.92. The molecular weight excluding hydrogens is 390 g/mol. The van der Waals surface area contributed by atoms with Crippen LogP contribution in [0.25, 0.3) is 11.5 Å². The lowest BCUT2D eigenvalue weighted by Gasteiger charge is -2.29. The third kappa shape index (κ3) is 5.19. The summed E-state index contributed by atoms with van der Waals surface area (Å²) in [4.78, 5) is 21.0. The summed E-state index contributed by atoms with van der Waals surface area (Å²) in [6.45, 7) is 5.33. The second-order valence-corrected chi connectivity index (χ2v) is 8.31. The molecule has 28 heavy (non-hydrogen) atoms. The number of hydrogen-bond donors (Lipinski definition) is 1. The van der Waals surface area contributed by atoms with Crippen LogP contribution in [0.3, 0.4) is 0 Å². The van der Waals surface area contributed by atoms with E-state index in [1.54, 1.807) is 45.2 Å². The lowest BCUT2D eigenvalue weighted by atomic mass is 9.92. The van der Waals surface area contributed by atoms with E-state index in [2.05, 4.69) is 15.3 Å². The topological polar surface area (TPSA) is 69.0 Å². The van der Waals surface area contributed by atoms with Crippen molar-refractivity contribution < 1.29 is 18.3 Å². The van der Waals surface area contributed by atoms with Gasteiger partial charge in [-0.3, -0.25) is 0 Å². The van der Waals surface area contributed by atoms with Gasteiger partial charge >= 0.3 is 6.09 Å². The highest BCUT2D eigenvalue weighted by atomic mass is 35.5. The summed E-state index contributed by atoms with van der Waals surface area (Å²) in [6.07, 6.45) is 1.39. The Bertz CT molecular complexity index is 854. The van der Waals surface area contributed by atoms with Crippen molar-refractivity contribution in [2.45, 2.75) is 64.0 Å². The van der Waals surface area contributed by atoms with Crippen molar-refractivity contribution in [2.24, 2.45) is 0 Å². The van der Waals surface area contributed by atoms with Gasteiger partial charge in [0.2, 0.25) is 5.92 Å². The molecule has 1 aliphatic carbocycles. The number of ether oxygens (including phenoxy) is 1. The minimum Gasteiger partial charge on any atom is -0.443 e. The number of alkyl halides is 2. The van der Waals surface area contributed by atoms with Crippen LogP contribution in [-0.2, 0) is 4.74 Å². The van der Waals surface area contributed by atoms with Gasteiger partial charge in [0, 0.05) is 31.1 Å². The molecular formula is C19H23ClF2N4O2. The first-order valence-electron chi connectivity index (χ1n) is 9.12. The zero-order valence-corrected chi connectivity index (χ0v) is 16.8. The molecule has 6 nitrogen and oxygen atoms in total. The molecule has 1 saturated carbocycles. The number of carbonyl (C=O) groups is 1. The fraction of sp³-hybridized carbons (Fsp3) is 0.526. The SMILES string of the molecule is CC(C)(C)OC(=O)n1cccc1-c1nc(Cl)cc(NC2CCC(F)(F)CC2)n1. The molecule has 0 amide bonds. The number of anilines is 1. The van der Waals surface area contributed by atoms with E-state index in [1.807, 2.05) is 0 Å². The Kier molecular flexibility index (Phi) is 5.61. The Balaban J connectivity index is 1.81. The second-order valence-electron chi connectivity index (χ2n) is 7.92. The van der Waals surface area contributed by atoms with Crippen LogP contribution >= 0.6 is 11.6 Å². The largest absolute Gasteiger partial charge is 0.443 e. The average molecular weight is 413 g/mol. The summed E-state index contributed by atoms with van der Waals surface area (Å²) >= 11 is 6.13. The molecule has 2 aromatic rings. The Morgan fingerprint density at radius 3 is 2.64 bits per heavy atom. The molecule has 0 radical (unpaired) electrons. The van der Waals surface area contributed by atoms with Gasteiger partial charge in [0.05, 0.1) is 5.69 Å². The van der Waals surface area contributed by atoms with Gasteiger partial charge in [0.1, 0.15) is 16.6 Å². The molecule has 0 saturated heterocycles. The number of nitrogens with one attached hydrogen (secondary N) is 1. The Hall–Kier alpha value is -2.22. The minimum absolute atomic E-state index is 0.115. The maximum absolute atomic E-state index is 13.3. The molecule has 0 aromatic carbocycles. The standard InChI is InChI=1S/C19H23ClF2N4O2/c1-18(2,3)28-17(27)26-10-4-5-13(26)16-24-14(20)11-15(25-16)23-12-6-8-19(21,22)9-7-12/h4-5,10-12H,6-9H2,1-3H3,(H,23,24,25). The van der Waals surface area contributed by atoms with Gasteiger partial charge in [-0.2, -0.15) is 0 Å². The van der Waals surface area contributed by atoms with E-state index in [0.29, 0.717) is 24.4 Å². The number of nitrogens with zero attached hydrogens (tertiary/aromatic N) is 3. The lowest BCUT2D eigenvalue weighted by molar-refractivity contribution is -0.0361. The lowest BCUT2D eigenvalue weighted by Crippen LogP contribution is -2.32. The third-order valence-electron chi connectivity index (χ3n) is 4.33. The molecule has 1 fully saturated rings. The average Bonchev–Trinajstić information content (AvgIpc) is 3.05. The number of hydrogen-bond acceptors (Lipinski definition) is 5. The summed E-state index contributed by atoms with van der Waals surface area (Å²) in [5, 5.41) is 3.34. The molecule has 1 N–H and O–H groups in total. The van der Waals surface area contributed by atoms with Gasteiger partial charge in [-0.15, -0.1) is 0 Å². The van der Waals surface area contributed by atoms with Gasteiger partial charge in [0.25, 0.3) is 0 Å². The number of carbonyl (C=O) groups excluding carboxylic acids is 1. The first kappa shape index (κ1) is 20.5. The highest BCUT2D eigenvalue weighted by Crippen LogP contribution is 2.34. The first-order chi connectivity index (χ1) is 13.0. The van der Waals surface area contributed by atoms with Gasteiger partial charge in [-0.1, -0.05) is 11.6 Å². The molecule has 0 bridgehead atoms. The van der Waals surface area contributed by atoms with Crippen molar-refractivity contribution in [1.29, 1.82) is 0 Å². The van der Waals surface area contributed by atoms with E-state index < -0.39 is 17.6 Å². The van der Waals surface area contributed by atoms with Gasteiger partial charge in [-0.25, -0.2) is 28.1 Å². The van der Waals surface area contributed by atoms with Crippen molar-refractivity contribution >= 4 is 23.5 Å². The number of aromatic nitrogens is 3. The Labute approximate surface area is 167 Å². The van der Waals surface area contributed by atoms with Crippen molar-refractivity contribution in [2.75, 3.05) is 5.32 Å². The normalized spacial score (nSPS) is 17.4. The summed E-state index contributed by atoms with van der Waals surface area (Å²) in [6, 6.07) is 4.79. The van der Waals surface area contributed by atoms with Gasteiger partial charge in [0.15, 0.2) is 5.82 Å². The van der Waals surface area contributed by atoms with E-state index in [9.17, 15) is 13.6 Å². The van der Waals surface area contributed by atoms with Crippen LogP contribution in [0.5, 0.6) is 0 Å². The van der Waals surface area contributed by atoms with Crippen LogP contribution in [0.2, 0.25) is 5.15 Å². The van der Waals surface area contributed by atoms with Crippen LogP contribution < -0.4 is 5.32 Å². The van der Waals surface area contributed by atoms with Gasteiger partial charge in [-0.05, 0) is 45.7 Å². The van der Waals surface area contributed by atoms with E-state index >= 15 is 0 Å².